The number of carbonyl (C=O) groups is 1. The van der Waals surface area contributed by atoms with Crippen LogP contribution in [0.15, 0.2) is 18.2 Å². The Morgan fingerprint density at radius 2 is 1.71 bits per heavy atom. The monoisotopic (exact) mass is 251 g/mol. The van der Waals surface area contributed by atoms with Crippen molar-refractivity contribution in [2.45, 2.75) is 39.4 Å². The van der Waals surface area contributed by atoms with E-state index in [-0.39, 0.29) is 10.7 Å². The second kappa shape index (κ2) is 5.58. The van der Waals surface area contributed by atoms with Crippen LogP contribution in [0.25, 0.3) is 0 Å². The van der Waals surface area contributed by atoms with Gasteiger partial charge in [-0.15, -0.1) is 11.8 Å². The van der Waals surface area contributed by atoms with Gasteiger partial charge in [-0.2, -0.15) is 0 Å². The van der Waals surface area contributed by atoms with Crippen molar-refractivity contribution in [2.24, 2.45) is 0 Å². The van der Waals surface area contributed by atoms with E-state index in [0.29, 0.717) is 5.75 Å². The molecule has 0 atom stereocenters. The largest absolute Gasteiger partial charge is 0.325 e. The van der Waals surface area contributed by atoms with E-state index < -0.39 is 0 Å². The molecule has 0 unspecified atom stereocenters. The van der Waals surface area contributed by atoms with Gasteiger partial charge in [-0.3, -0.25) is 4.79 Å². The van der Waals surface area contributed by atoms with Crippen molar-refractivity contribution < 1.29 is 4.79 Å². The molecule has 0 aliphatic rings. The van der Waals surface area contributed by atoms with Gasteiger partial charge in [0.15, 0.2) is 0 Å². The standard InChI is InChI=1S/C14H21NOS/c1-10-6-11(2)8-12(7-10)15-13(16)9-17-14(3,4)5/h6-8H,9H2,1-5H3,(H,15,16). The van der Waals surface area contributed by atoms with Gasteiger partial charge in [0, 0.05) is 10.4 Å². The van der Waals surface area contributed by atoms with E-state index >= 15 is 0 Å². The third kappa shape index (κ3) is 5.78. The van der Waals surface area contributed by atoms with Gasteiger partial charge in [0.25, 0.3) is 0 Å². The molecule has 0 aliphatic heterocycles. The molecule has 0 heterocycles. The summed E-state index contributed by atoms with van der Waals surface area (Å²) in [4.78, 5) is 11.7. The summed E-state index contributed by atoms with van der Waals surface area (Å²) >= 11 is 1.66. The van der Waals surface area contributed by atoms with Gasteiger partial charge >= 0.3 is 0 Å². The van der Waals surface area contributed by atoms with Gasteiger partial charge in [0.2, 0.25) is 5.91 Å². The zero-order valence-corrected chi connectivity index (χ0v) is 12.1. The third-order valence-electron chi connectivity index (χ3n) is 2.14. The maximum atomic E-state index is 11.7. The Bertz CT molecular complexity index is 387. The van der Waals surface area contributed by atoms with Crippen LogP contribution >= 0.6 is 11.8 Å². The smallest absolute Gasteiger partial charge is 0.234 e. The molecule has 3 heteroatoms. The molecule has 1 rings (SSSR count). The Morgan fingerprint density at radius 3 is 2.18 bits per heavy atom. The van der Waals surface area contributed by atoms with Gasteiger partial charge in [0.1, 0.15) is 0 Å². The second-order valence-corrected chi connectivity index (χ2v) is 7.13. The molecular formula is C14H21NOS. The second-order valence-electron chi connectivity index (χ2n) is 5.33. The quantitative estimate of drug-likeness (QED) is 0.886. The topological polar surface area (TPSA) is 29.1 Å². The number of amides is 1. The van der Waals surface area contributed by atoms with Crippen molar-refractivity contribution in [1.29, 1.82) is 0 Å². The van der Waals surface area contributed by atoms with E-state index in [1.165, 1.54) is 11.1 Å². The van der Waals surface area contributed by atoms with Crippen LogP contribution in [0.1, 0.15) is 31.9 Å². The van der Waals surface area contributed by atoms with E-state index in [9.17, 15) is 4.79 Å². The number of aryl methyl sites for hydroxylation is 2. The maximum Gasteiger partial charge on any atom is 0.234 e. The van der Waals surface area contributed by atoms with E-state index in [0.717, 1.165) is 5.69 Å². The molecule has 1 N–H and O–H groups in total. The number of hydrogen-bond donors (Lipinski definition) is 1. The summed E-state index contributed by atoms with van der Waals surface area (Å²) in [7, 11) is 0. The fourth-order valence-electron chi connectivity index (χ4n) is 1.53. The highest BCUT2D eigenvalue weighted by Crippen LogP contribution is 2.23. The molecule has 17 heavy (non-hydrogen) atoms. The Labute approximate surface area is 108 Å². The first-order valence-corrected chi connectivity index (χ1v) is 6.77. The average Bonchev–Trinajstić information content (AvgIpc) is 2.11. The Balaban J connectivity index is 2.56. The number of rotatable bonds is 3. The number of nitrogens with one attached hydrogen (secondary N) is 1. The summed E-state index contributed by atoms with van der Waals surface area (Å²) in [5.41, 5.74) is 3.23. The lowest BCUT2D eigenvalue weighted by Gasteiger charge is -2.17. The van der Waals surface area contributed by atoms with Crippen LogP contribution in [0.3, 0.4) is 0 Å². The van der Waals surface area contributed by atoms with Gasteiger partial charge in [-0.25, -0.2) is 0 Å². The van der Waals surface area contributed by atoms with Gasteiger partial charge < -0.3 is 5.32 Å². The van der Waals surface area contributed by atoms with Gasteiger partial charge in [0.05, 0.1) is 5.75 Å². The minimum absolute atomic E-state index is 0.0647. The fourth-order valence-corrected chi connectivity index (χ4v) is 2.16. The molecule has 1 amide bonds. The summed E-state index contributed by atoms with van der Waals surface area (Å²) in [6, 6.07) is 6.08. The summed E-state index contributed by atoms with van der Waals surface area (Å²) in [6.07, 6.45) is 0. The molecule has 0 spiro atoms. The van der Waals surface area contributed by atoms with Crippen LogP contribution in [-0.2, 0) is 4.79 Å². The summed E-state index contributed by atoms with van der Waals surface area (Å²) < 4.78 is 0.125. The molecule has 0 saturated carbocycles. The van der Waals surface area contributed by atoms with Crippen molar-refractivity contribution in [1.82, 2.24) is 0 Å². The predicted molar refractivity (Wildman–Crippen MR) is 76.8 cm³/mol. The van der Waals surface area contributed by atoms with Gasteiger partial charge in [-0.1, -0.05) is 26.8 Å². The average molecular weight is 251 g/mol. The molecule has 0 fully saturated rings. The molecular weight excluding hydrogens is 230 g/mol. The zero-order valence-electron chi connectivity index (χ0n) is 11.3. The molecule has 2 nitrogen and oxygen atoms in total. The molecule has 1 aromatic rings. The molecule has 0 saturated heterocycles. The highest BCUT2D eigenvalue weighted by atomic mass is 32.2. The molecule has 0 aliphatic carbocycles. The van der Waals surface area contributed by atoms with Crippen LogP contribution in [0.5, 0.6) is 0 Å². The third-order valence-corrected chi connectivity index (χ3v) is 3.41. The SMILES string of the molecule is Cc1cc(C)cc(NC(=O)CSC(C)(C)C)c1. The summed E-state index contributed by atoms with van der Waals surface area (Å²) in [5, 5.41) is 2.94. The van der Waals surface area contributed by atoms with Crippen LogP contribution in [0.2, 0.25) is 0 Å². The van der Waals surface area contributed by atoms with Crippen molar-refractivity contribution in [3.05, 3.63) is 29.3 Å². The number of hydrogen-bond acceptors (Lipinski definition) is 2. The molecule has 0 aromatic heterocycles. The Morgan fingerprint density at radius 1 is 1.18 bits per heavy atom. The lowest BCUT2D eigenvalue weighted by Crippen LogP contribution is -2.19. The first kappa shape index (κ1) is 14.1. The molecule has 94 valence electrons. The first-order chi connectivity index (χ1) is 7.76. The molecule has 0 radical (unpaired) electrons. The van der Waals surface area contributed by atoms with E-state index in [1.54, 1.807) is 11.8 Å². The van der Waals surface area contributed by atoms with Crippen molar-refractivity contribution in [2.75, 3.05) is 11.1 Å². The maximum absolute atomic E-state index is 11.7. The lowest BCUT2D eigenvalue weighted by atomic mass is 10.1. The summed E-state index contributed by atoms with van der Waals surface area (Å²) in [5.74, 6) is 0.561. The summed E-state index contributed by atoms with van der Waals surface area (Å²) in [6.45, 7) is 10.4. The highest BCUT2D eigenvalue weighted by molar-refractivity contribution is 8.01. The number of benzene rings is 1. The number of carbonyl (C=O) groups excluding carboxylic acids is 1. The van der Waals surface area contributed by atoms with Crippen LogP contribution in [0, 0.1) is 13.8 Å². The number of thioether (sulfide) groups is 1. The van der Waals surface area contributed by atoms with Crippen molar-refractivity contribution in [3.63, 3.8) is 0 Å². The first-order valence-electron chi connectivity index (χ1n) is 5.78. The van der Waals surface area contributed by atoms with Crippen molar-refractivity contribution >= 4 is 23.4 Å². The van der Waals surface area contributed by atoms with E-state index in [2.05, 4.69) is 32.2 Å². The predicted octanol–water partition coefficient (Wildman–Crippen LogP) is 3.77. The van der Waals surface area contributed by atoms with Crippen LogP contribution in [-0.4, -0.2) is 16.4 Å². The molecule has 1 aromatic carbocycles. The normalized spacial score (nSPS) is 11.4. The van der Waals surface area contributed by atoms with Gasteiger partial charge in [-0.05, 0) is 37.1 Å². The van der Waals surface area contributed by atoms with Crippen LogP contribution < -0.4 is 5.32 Å². The zero-order chi connectivity index (χ0) is 13.1. The minimum atomic E-state index is 0.0647. The minimum Gasteiger partial charge on any atom is -0.325 e. The Hall–Kier alpha value is -0.960. The van der Waals surface area contributed by atoms with E-state index in [1.807, 2.05) is 26.0 Å². The van der Waals surface area contributed by atoms with Crippen molar-refractivity contribution in [3.8, 4) is 0 Å². The number of anilines is 1. The van der Waals surface area contributed by atoms with Crippen LogP contribution in [0.4, 0.5) is 5.69 Å². The Kier molecular flexibility index (Phi) is 4.63. The fraction of sp³-hybridized carbons (Fsp3) is 0.500. The highest BCUT2D eigenvalue weighted by Gasteiger charge is 2.13. The molecule has 0 bridgehead atoms. The van der Waals surface area contributed by atoms with E-state index in [4.69, 9.17) is 0 Å². The lowest BCUT2D eigenvalue weighted by molar-refractivity contribution is -0.113.